The lowest BCUT2D eigenvalue weighted by Gasteiger charge is -2.37. The van der Waals surface area contributed by atoms with Gasteiger partial charge in [-0.05, 0) is 6.92 Å². The minimum atomic E-state index is -1.59. The van der Waals surface area contributed by atoms with Crippen molar-refractivity contribution in [2.75, 3.05) is 0 Å². The largest absolute Gasteiger partial charge is 0.479 e. The number of carbonyl (C=O) groups is 1. The Morgan fingerprint density at radius 1 is 1.15 bits per heavy atom. The van der Waals surface area contributed by atoms with E-state index in [0.29, 0.717) is 0 Å². The third-order valence-electron chi connectivity index (χ3n) is 2.10. The molecule has 1 aliphatic rings. The summed E-state index contributed by atoms with van der Waals surface area (Å²) in [6.07, 6.45) is -6.62. The zero-order chi connectivity index (χ0) is 10.2. The monoisotopic (exact) mass is 192 g/mol. The Bertz CT molecular complexity index is 205. The summed E-state index contributed by atoms with van der Waals surface area (Å²) in [7, 11) is 0. The first kappa shape index (κ1) is 10.4. The highest BCUT2D eigenvalue weighted by Gasteiger charge is 2.44. The van der Waals surface area contributed by atoms with Crippen molar-refractivity contribution in [3.05, 3.63) is 0 Å². The van der Waals surface area contributed by atoms with E-state index in [0.717, 1.165) is 0 Å². The maximum atomic E-state index is 10.5. The van der Waals surface area contributed by atoms with E-state index >= 15 is 0 Å². The van der Waals surface area contributed by atoms with Gasteiger partial charge in [0.25, 0.3) is 0 Å². The van der Waals surface area contributed by atoms with Crippen molar-refractivity contribution in [3.63, 3.8) is 0 Å². The summed E-state index contributed by atoms with van der Waals surface area (Å²) in [5, 5.41) is 36.1. The Kier molecular flexibility index (Phi) is 2.87. The summed E-state index contributed by atoms with van der Waals surface area (Å²) in [5.74, 6) is -1.36. The van der Waals surface area contributed by atoms with Crippen LogP contribution in [-0.2, 0) is 9.53 Å². The van der Waals surface area contributed by atoms with E-state index < -0.39 is 36.5 Å². The highest BCUT2D eigenvalue weighted by atomic mass is 16.6. The van der Waals surface area contributed by atoms with Gasteiger partial charge < -0.3 is 25.2 Å². The number of carboxylic acid groups (broad SMARTS) is 1. The molecular formula is C7H12O6. The van der Waals surface area contributed by atoms with Crippen LogP contribution in [0.3, 0.4) is 0 Å². The normalized spacial score (nSPS) is 46.0. The van der Waals surface area contributed by atoms with E-state index in [1.165, 1.54) is 6.92 Å². The van der Waals surface area contributed by atoms with Gasteiger partial charge in [0.05, 0.1) is 6.10 Å². The average Bonchev–Trinajstić information content (AvgIpc) is 2.07. The first-order chi connectivity index (χ1) is 5.95. The molecule has 6 heteroatoms. The molecule has 0 spiro atoms. The lowest BCUT2D eigenvalue weighted by atomic mass is 9.96. The van der Waals surface area contributed by atoms with Crippen molar-refractivity contribution in [1.29, 1.82) is 0 Å². The number of aliphatic carboxylic acids is 1. The molecule has 0 amide bonds. The smallest absolute Gasteiger partial charge is 0.335 e. The Balaban J connectivity index is 2.76. The fourth-order valence-electron chi connectivity index (χ4n) is 1.26. The molecule has 0 radical (unpaired) electrons. The van der Waals surface area contributed by atoms with Crippen molar-refractivity contribution in [3.8, 4) is 0 Å². The number of ether oxygens (including phenoxy) is 1. The Labute approximate surface area is 74.4 Å². The van der Waals surface area contributed by atoms with Crippen LogP contribution in [-0.4, -0.2) is 56.9 Å². The molecule has 1 rings (SSSR count). The number of hydrogen-bond donors (Lipinski definition) is 4. The molecule has 4 N–H and O–H groups in total. The average molecular weight is 192 g/mol. The van der Waals surface area contributed by atoms with E-state index in [1.807, 2.05) is 0 Å². The molecule has 1 saturated heterocycles. The van der Waals surface area contributed by atoms with Gasteiger partial charge in [-0.3, -0.25) is 0 Å². The maximum absolute atomic E-state index is 10.5. The summed E-state index contributed by atoms with van der Waals surface area (Å²) in [6, 6.07) is 0. The molecule has 0 aromatic rings. The van der Waals surface area contributed by atoms with E-state index in [1.54, 1.807) is 0 Å². The lowest BCUT2D eigenvalue weighted by molar-refractivity contribution is -0.223. The maximum Gasteiger partial charge on any atom is 0.335 e. The van der Waals surface area contributed by atoms with E-state index in [4.69, 9.17) is 9.84 Å². The predicted octanol–water partition coefficient (Wildman–Crippen LogP) is -2.06. The summed E-state index contributed by atoms with van der Waals surface area (Å²) in [5.41, 5.74) is 0. The number of hydrogen-bond acceptors (Lipinski definition) is 5. The van der Waals surface area contributed by atoms with Gasteiger partial charge in [0, 0.05) is 0 Å². The number of aliphatic hydroxyl groups excluding tert-OH is 3. The number of rotatable bonds is 1. The fourth-order valence-corrected chi connectivity index (χ4v) is 1.26. The standard InChI is InChI=1S/C7H12O6/c1-2-3(8)4(9)5(10)6(13-2)7(11)12/h2-6,8-10H,1H3,(H,11,12)/t2?,3-,4-,5?,6?/m1/s1. The van der Waals surface area contributed by atoms with Crippen molar-refractivity contribution in [1.82, 2.24) is 0 Å². The van der Waals surface area contributed by atoms with Crippen LogP contribution in [0.2, 0.25) is 0 Å². The molecule has 0 aromatic heterocycles. The SMILES string of the molecule is CC1OC(C(=O)O)C(O)[C@H](O)[C@@H]1O. The molecule has 1 aliphatic heterocycles. The number of aliphatic hydroxyl groups is 3. The van der Waals surface area contributed by atoms with Crippen LogP contribution in [0.4, 0.5) is 0 Å². The first-order valence-corrected chi connectivity index (χ1v) is 3.87. The molecule has 0 saturated carbocycles. The van der Waals surface area contributed by atoms with Gasteiger partial charge in [-0.1, -0.05) is 0 Å². The second-order valence-corrected chi connectivity index (χ2v) is 3.07. The van der Waals surface area contributed by atoms with Crippen LogP contribution in [0.25, 0.3) is 0 Å². The third kappa shape index (κ3) is 1.80. The van der Waals surface area contributed by atoms with Gasteiger partial charge in [-0.25, -0.2) is 4.79 Å². The molecule has 0 bridgehead atoms. The zero-order valence-corrected chi connectivity index (χ0v) is 6.99. The molecule has 76 valence electrons. The molecular weight excluding hydrogens is 180 g/mol. The Morgan fingerprint density at radius 2 is 1.69 bits per heavy atom. The third-order valence-corrected chi connectivity index (χ3v) is 2.10. The van der Waals surface area contributed by atoms with Crippen LogP contribution in [0.15, 0.2) is 0 Å². The summed E-state index contributed by atoms with van der Waals surface area (Å²) >= 11 is 0. The summed E-state index contributed by atoms with van der Waals surface area (Å²) < 4.78 is 4.78. The van der Waals surface area contributed by atoms with Crippen LogP contribution in [0, 0.1) is 0 Å². The minimum Gasteiger partial charge on any atom is -0.479 e. The van der Waals surface area contributed by atoms with Crippen LogP contribution >= 0.6 is 0 Å². The van der Waals surface area contributed by atoms with Gasteiger partial charge in [0.15, 0.2) is 6.10 Å². The lowest BCUT2D eigenvalue weighted by Crippen LogP contribution is -2.58. The van der Waals surface area contributed by atoms with Gasteiger partial charge >= 0.3 is 5.97 Å². The minimum absolute atomic E-state index is 0.806. The molecule has 5 atom stereocenters. The first-order valence-electron chi connectivity index (χ1n) is 3.87. The highest BCUT2D eigenvalue weighted by molar-refractivity contribution is 5.73. The molecule has 3 unspecified atom stereocenters. The zero-order valence-electron chi connectivity index (χ0n) is 6.99. The molecule has 1 heterocycles. The van der Waals surface area contributed by atoms with Crippen molar-refractivity contribution < 1.29 is 30.0 Å². The Morgan fingerprint density at radius 3 is 2.15 bits per heavy atom. The van der Waals surface area contributed by atoms with Crippen LogP contribution in [0.5, 0.6) is 0 Å². The van der Waals surface area contributed by atoms with E-state index in [9.17, 15) is 20.1 Å². The Hall–Kier alpha value is -0.690. The second-order valence-electron chi connectivity index (χ2n) is 3.07. The summed E-state index contributed by atoms with van der Waals surface area (Å²) in [4.78, 5) is 10.5. The number of carboxylic acids is 1. The van der Waals surface area contributed by atoms with Crippen molar-refractivity contribution in [2.45, 2.75) is 37.4 Å². The molecule has 0 aliphatic carbocycles. The van der Waals surface area contributed by atoms with E-state index in [-0.39, 0.29) is 0 Å². The predicted molar refractivity (Wildman–Crippen MR) is 40.0 cm³/mol. The van der Waals surface area contributed by atoms with Gasteiger partial charge in [-0.15, -0.1) is 0 Å². The fraction of sp³-hybridized carbons (Fsp3) is 0.857. The van der Waals surface area contributed by atoms with Crippen molar-refractivity contribution >= 4 is 5.97 Å². The van der Waals surface area contributed by atoms with Crippen molar-refractivity contribution in [2.24, 2.45) is 0 Å². The summed E-state index contributed by atoms with van der Waals surface area (Å²) in [6.45, 7) is 1.43. The van der Waals surface area contributed by atoms with Gasteiger partial charge in [0.1, 0.15) is 18.3 Å². The quantitative estimate of drug-likeness (QED) is 0.380. The van der Waals surface area contributed by atoms with Crippen LogP contribution < -0.4 is 0 Å². The van der Waals surface area contributed by atoms with Gasteiger partial charge in [0.2, 0.25) is 0 Å². The van der Waals surface area contributed by atoms with Crippen LogP contribution in [0.1, 0.15) is 6.92 Å². The molecule has 1 fully saturated rings. The highest BCUT2D eigenvalue weighted by Crippen LogP contribution is 2.20. The molecule has 6 nitrogen and oxygen atoms in total. The topological polar surface area (TPSA) is 107 Å². The molecule has 0 aromatic carbocycles. The van der Waals surface area contributed by atoms with Gasteiger partial charge in [-0.2, -0.15) is 0 Å². The molecule has 13 heavy (non-hydrogen) atoms. The van der Waals surface area contributed by atoms with E-state index in [2.05, 4.69) is 0 Å². The second kappa shape index (κ2) is 3.59.